The molecule has 1 atom stereocenters. The molecule has 1 aromatic rings. The van der Waals surface area contributed by atoms with Gasteiger partial charge < -0.3 is 0 Å². The van der Waals surface area contributed by atoms with Crippen molar-refractivity contribution in [1.29, 1.82) is 0 Å². The Kier molecular flexibility index (Phi) is 5.57. The van der Waals surface area contributed by atoms with Crippen molar-refractivity contribution in [1.82, 2.24) is 0 Å². The third-order valence-electron chi connectivity index (χ3n) is 2.32. The summed E-state index contributed by atoms with van der Waals surface area (Å²) in [7, 11) is -3.92. The van der Waals surface area contributed by atoms with Crippen LogP contribution in [-0.4, -0.2) is 20.1 Å². The normalized spacial score (nSPS) is 14.1. The van der Waals surface area contributed by atoms with Gasteiger partial charge in [0.25, 0.3) is 0 Å². The van der Waals surface area contributed by atoms with Gasteiger partial charge >= 0.3 is 6.18 Å². The first-order valence-electron chi connectivity index (χ1n) is 5.48. The number of halogens is 5. The minimum atomic E-state index is -4.71. The smallest absolute Gasteiger partial charge is 0.283 e. The topological polar surface area (TPSA) is 46.2 Å². The summed E-state index contributed by atoms with van der Waals surface area (Å²) in [6.45, 7) is 1.58. The molecule has 0 aromatic heterocycles. The van der Waals surface area contributed by atoms with E-state index in [1.54, 1.807) is 6.92 Å². The molecule has 0 aliphatic carbocycles. The molecule has 1 N–H and O–H groups in total. The Morgan fingerprint density at radius 1 is 1.35 bits per heavy atom. The number of rotatable bonds is 5. The van der Waals surface area contributed by atoms with Crippen molar-refractivity contribution < 1.29 is 21.6 Å². The number of benzene rings is 1. The first kappa shape index (κ1) is 17.4. The van der Waals surface area contributed by atoms with Gasteiger partial charge in [0.15, 0.2) is 0 Å². The van der Waals surface area contributed by atoms with Crippen LogP contribution in [-0.2, 0) is 16.2 Å². The SMILES string of the molecule is CC(CCl)CS(=O)(=O)Nc1ccc(Cl)cc1C(F)(F)F. The molecule has 3 nitrogen and oxygen atoms in total. The fourth-order valence-electron chi connectivity index (χ4n) is 1.47. The van der Waals surface area contributed by atoms with Gasteiger partial charge in [0.1, 0.15) is 0 Å². The van der Waals surface area contributed by atoms with Crippen molar-refractivity contribution in [2.45, 2.75) is 13.1 Å². The van der Waals surface area contributed by atoms with Gasteiger partial charge in [-0.2, -0.15) is 13.2 Å². The lowest BCUT2D eigenvalue weighted by Gasteiger charge is -2.16. The number of hydrogen-bond donors (Lipinski definition) is 1. The molecule has 0 aliphatic rings. The highest BCUT2D eigenvalue weighted by Gasteiger charge is 2.34. The molecule has 0 radical (unpaired) electrons. The molecule has 0 aliphatic heterocycles. The molecule has 114 valence electrons. The van der Waals surface area contributed by atoms with Crippen LogP contribution in [0, 0.1) is 5.92 Å². The lowest BCUT2D eigenvalue weighted by atomic mass is 10.2. The second-order valence-electron chi connectivity index (χ2n) is 4.33. The van der Waals surface area contributed by atoms with Crippen LogP contribution in [0.5, 0.6) is 0 Å². The minimum Gasteiger partial charge on any atom is -0.283 e. The van der Waals surface area contributed by atoms with Crippen molar-refractivity contribution in [2.75, 3.05) is 16.4 Å². The summed E-state index contributed by atoms with van der Waals surface area (Å²) in [6, 6.07) is 2.83. The maximum atomic E-state index is 12.8. The van der Waals surface area contributed by atoms with Crippen LogP contribution in [0.15, 0.2) is 18.2 Å². The summed E-state index contributed by atoms with van der Waals surface area (Å²) in [5.41, 5.74) is -1.68. The van der Waals surface area contributed by atoms with Crippen LogP contribution in [0.3, 0.4) is 0 Å². The van der Waals surface area contributed by atoms with Crippen LogP contribution in [0.25, 0.3) is 0 Å². The summed E-state index contributed by atoms with van der Waals surface area (Å²) in [4.78, 5) is 0. The average Bonchev–Trinajstić information content (AvgIpc) is 2.29. The van der Waals surface area contributed by atoms with E-state index in [0.29, 0.717) is 6.07 Å². The molecule has 9 heteroatoms. The van der Waals surface area contributed by atoms with Gasteiger partial charge in [-0.05, 0) is 24.1 Å². The maximum Gasteiger partial charge on any atom is 0.418 e. The largest absolute Gasteiger partial charge is 0.418 e. The number of nitrogens with one attached hydrogen (secondary N) is 1. The van der Waals surface area contributed by atoms with Crippen LogP contribution < -0.4 is 4.72 Å². The monoisotopic (exact) mass is 349 g/mol. The molecule has 0 saturated heterocycles. The predicted octanol–water partition coefficient (Wildman–Crippen LogP) is 3.98. The zero-order valence-electron chi connectivity index (χ0n) is 10.3. The highest BCUT2D eigenvalue weighted by molar-refractivity contribution is 7.92. The molecule has 0 heterocycles. The summed E-state index contributed by atoms with van der Waals surface area (Å²) in [5, 5.41) is -0.130. The van der Waals surface area contributed by atoms with Crippen molar-refractivity contribution in [3.8, 4) is 0 Å². The fourth-order valence-corrected chi connectivity index (χ4v) is 3.34. The fraction of sp³-hybridized carbons (Fsp3) is 0.455. The minimum absolute atomic E-state index is 0.0909. The van der Waals surface area contributed by atoms with E-state index in [9.17, 15) is 21.6 Å². The summed E-state index contributed by atoms with van der Waals surface area (Å²) < 4.78 is 63.9. The molecule has 20 heavy (non-hydrogen) atoms. The third-order valence-corrected chi connectivity index (χ3v) is 4.62. The van der Waals surface area contributed by atoms with E-state index in [4.69, 9.17) is 23.2 Å². The van der Waals surface area contributed by atoms with Crippen molar-refractivity contribution in [3.63, 3.8) is 0 Å². The van der Waals surface area contributed by atoms with E-state index in [2.05, 4.69) is 0 Å². The van der Waals surface area contributed by atoms with Crippen molar-refractivity contribution in [2.24, 2.45) is 5.92 Å². The first-order valence-corrected chi connectivity index (χ1v) is 8.05. The van der Waals surface area contributed by atoms with Crippen LogP contribution in [0.1, 0.15) is 12.5 Å². The van der Waals surface area contributed by atoms with E-state index < -0.39 is 27.5 Å². The van der Waals surface area contributed by atoms with Gasteiger partial charge in [0, 0.05) is 10.9 Å². The van der Waals surface area contributed by atoms with E-state index in [1.807, 2.05) is 4.72 Å². The zero-order chi connectivity index (χ0) is 15.6. The molecule has 0 spiro atoms. The number of hydrogen-bond acceptors (Lipinski definition) is 2. The van der Waals surface area contributed by atoms with Gasteiger partial charge in [-0.15, -0.1) is 11.6 Å². The average molecular weight is 350 g/mol. The number of alkyl halides is 4. The third kappa shape index (κ3) is 5.03. The molecule has 0 amide bonds. The Balaban J connectivity index is 3.10. The molecular weight excluding hydrogens is 338 g/mol. The molecule has 1 rings (SSSR count). The molecule has 1 aromatic carbocycles. The predicted molar refractivity (Wildman–Crippen MR) is 73.7 cm³/mol. The Labute approximate surface area is 125 Å². The zero-order valence-corrected chi connectivity index (χ0v) is 12.7. The summed E-state index contributed by atoms with van der Waals surface area (Å²) in [6.07, 6.45) is -4.71. The highest BCUT2D eigenvalue weighted by atomic mass is 35.5. The first-order chi connectivity index (χ1) is 9.05. The number of anilines is 1. The highest BCUT2D eigenvalue weighted by Crippen LogP contribution is 2.36. The molecular formula is C11H12Cl2F3NO2S. The van der Waals surface area contributed by atoms with Crippen LogP contribution >= 0.6 is 23.2 Å². The van der Waals surface area contributed by atoms with Crippen LogP contribution in [0.4, 0.5) is 18.9 Å². The second-order valence-corrected chi connectivity index (χ2v) is 6.84. The molecule has 0 bridgehead atoms. The van der Waals surface area contributed by atoms with Gasteiger partial charge in [0.05, 0.1) is 17.0 Å². The van der Waals surface area contributed by atoms with E-state index >= 15 is 0 Å². The summed E-state index contributed by atoms with van der Waals surface area (Å²) >= 11 is 11.0. The molecule has 0 saturated carbocycles. The molecule has 0 fully saturated rings. The second kappa shape index (κ2) is 6.41. The standard InChI is InChI=1S/C11H12Cl2F3NO2S/c1-7(5-12)6-20(18,19)17-10-3-2-8(13)4-9(10)11(14,15)16/h2-4,7,17H,5-6H2,1H3. The Morgan fingerprint density at radius 2 is 1.95 bits per heavy atom. The Morgan fingerprint density at radius 3 is 2.45 bits per heavy atom. The van der Waals surface area contributed by atoms with Gasteiger partial charge in [-0.25, -0.2) is 8.42 Å². The van der Waals surface area contributed by atoms with Gasteiger partial charge in [0.2, 0.25) is 10.0 Å². The Bertz CT molecular complexity index is 576. The number of sulfonamides is 1. The van der Waals surface area contributed by atoms with Gasteiger partial charge in [-0.3, -0.25) is 4.72 Å². The van der Waals surface area contributed by atoms with Gasteiger partial charge in [-0.1, -0.05) is 18.5 Å². The lowest BCUT2D eigenvalue weighted by Crippen LogP contribution is -2.23. The lowest BCUT2D eigenvalue weighted by molar-refractivity contribution is -0.136. The van der Waals surface area contributed by atoms with E-state index in [0.717, 1.165) is 6.07 Å². The summed E-state index contributed by atoms with van der Waals surface area (Å²) in [5.74, 6) is -0.653. The van der Waals surface area contributed by atoms with E-state index in [1.165, 1.54) is 6.07 Å². The van der Waals surface area contributed by atoms with Crippen molar-refractivity contribution >= 4 is 38.9 Å². The van der Waals surface area contributed by atoms with E-state index in [-0.39, 0.29) is 22.6 Å². The van der Waals surface area contributed by atoms with Crippen LogP contribution in [0.2, 0.25) is 5.02 Å². The Hall–Kier alpha value is -0.660. The maximum absolute atomic E-state index is 12.8. The quantitative estimate of drug-likeness (QED) is 0.817. The molecule has 1 unspecified atom stereocenters. The van der Waals surface area contributed by atoms with Crippen molar-refractivity contribution in [3.05, 3.63) is 28.8 Å².